The average molecular weight is 291 g/mol. The molecule has 3 heterocycles. The maximum Gasteiger partial charge on any atom is 0.233 e. The molecule has 0 aliphatic carbocycles. The third-order valence-electron chi connectivity index (χ3n) is 3.31. The largest absolute Gasteiger partial charge is 0.480 e. The van der Waals surface area contributed by atoms with Crippen molar-refractivity contribution in [2.75, 3.05) is 25.1 Å². The van der Waals surface area contributed by atoms with Crippen LogP contribution in [0.2, 0.25) is 0 Å². The number of ether oxygens (including phenoxy) is 2. The molecule has 2 atom stereocenters. The third-order valence-corrected chi connectivity index (χ3v) is 4.01. The highest BCUT2D eigenvalue weighted by atomic mass is 32.1. The molecule has 1 fully saturated rings. The van der Waals surface area contributed by atoms with Crippen molar-refractivity contribution < 1.29 is 9.47 Å². The van der Waals surface area contributed by atoms with Crippen molar-refractivity contribution in [1.82, 2.24) is 9.97 Å². The Morgan fingerprint density at radius 3 is 3.05 bits per heavy atom. The summed E-state index contributed by atoms with van der Waals surface area (Å²) in [5, 5.41) is 4.21. The SMILES string of the molecule is COc1cncc(N2C[C@H](C)O[C@@H](c3ccsc3)C2)n1. The Morgan fingerprint density at radius 1 is 1.40 bits per heavy atom. The lowest BCUT2D eigenvalue weighted by atomic mass is 10.1. The minimum absolute atomic E-state index is 0.0815. The van der Waals surface area contributed by atoms with Crippen LogP contribution in [0.1, 0.15) is 18.6 Å². The maximum atomic E-state index is 6.02. The van der Waals surface area contributed by atoms with E-state index in [2.05, 4.69) is 38.6 Å². The molecule has 0 bridgehead atoms. The fourth-order valence-corrected chi connectivity index (χ4v) is 3.07. The summed E-state index contributed by atoms with van der Waals surface area (Å²) in [6, 6.07) is 2.11. The fourth-order valence-electron chi connectivity index (χ4n) is 2.37. The van der Waals surface area contributed by atoms with E-state index in [1.165, 1.54) is 5.56 Å². The van der Waals surface area contributed by atoms with Gasteiger partial charge in [-0.3, -0.25) is 4.98 Å². The summed E-state index contributed by atoms with van der Waals surface area (Å²) in [5.74, 6) is 1.37. The van der Waals surface area contributed by atoms with E-state index in [1.807, 2.05) is 0 Å². The van der Waals surface area contributed by atoms with Crippen LogP contribution < -0.4 is 9.64 Å². The molecule has 1 saturated heterocycles. The van der Waals surface area contributed by atoms with Gasteiger partial charge in [0.25, 0.3) is 0 Å². The maximum absolute atomic E-state index is 6.02. The van der Waals surface area contributed by atoms with Crippen LogP contribution >= 0.6 is 11.3 Å². The van der Waals surface area contributed by atoms with Crippen LogP contribution in [0.5, 0.6) is 5.88 Å². The predicted octanol–water partition coefficient (Wildman–Crippen LogP) is 2.51. The summed E-state index contributed by atoms with van der Waals surface area (Å²) in [6.07, 6.45) is 3.62. The van der Waals surface area contributed by atoms with Gasteiger partial charge in [-0.1, -0.05) is 0 Å². The topological polar surface area (TPSA) is 47.5 Å². The molecular weight excluding hydrogens is 274 g/mol. The van der Waals surface area contributed by atoms with Gasteiger partial charge in [0, 0.05) is 13.1 Å². The first-order chi connectivity index (χ1) is 9.76. The van der Waals surface area contributed by atoms with Crippen molar-refractivity contribution in [3.05, 3.63) is 34.8 Å². The summed E-state index contributed by atoms with van der Waals surface area (Å²) >= 11 is 1.69. The molecule has 3 rings (SSSR count). The average Bonchev–Trinajstić information content (AvgIpc) is 3.01. The van der Waals surface area contributed by atoms with Gasteiger partial charge in [-0.25, -0.2) is 0 Å². The smallest absolute Gasteiger partial charge is 0.233 e. The summed E-state index contributed by atoms with van der Waals surface area (Å²) in [6.45, 7) is 3.67. The minimum atomic E-state index is 0.0815. The van der Waals surface area contributed by atoms with Crippen LogP contribution in [-0.4, -0.2) is 36.3 Å². The zero-order valence-electron chi connectivity index (χ0n) is 11.5. The molecule has 0 saturated carbocycles. The highest BCUT2D eigenvalue weighted by molar-refractivity contribution is 7.07. The molecule has 0 radical (unpaired) electrons. The van der Waals surface area contributed by atoms with Gasteiger partial charge in [0.05, 0.1) is 25.6 Å². The van der Waals surface area contributed by atoms with Crippen molar-refractivity contribution in [3.8, 4) is 5.88 Å². The van der Waals surface area contributed by atoms with Gasteiger partial charge in [0.1, 0.15) is 6.10 Å². The third kappa shape index (κ3) is 2.76. The quantitative estimate of drug-likeness (QED) is 0.869. The number of morpholine rings is 1. The van der Waals surface area contributed by atoms with Gasteiger partial charge in [-0.05, 0) is 29.3 Å². The number of thiophene rings is 1. The Morgan fingerprint density at radius 2 is 2.30 bits per heavy atom. The highest BCUT2D eigenvalue weighted by Gasteiger charge is 2.27. The highest BCUT2D eigenvalue weighted by Crippen LogP contribution is 2.29. The Balaban J connectivity index is 1.82. The zero-order chi connectivity index (χ0) is 13.9. The summed E-state index contributed by atoms with van der Waals surface area (Å²) < 4.78 is 11.2. The van der Waals surface area contributed by atoms with Crippen LogP contribution in [0.15, 0.2) is 29.2 Å². The van der Waals surface area contributed by atoms with Gasteiger partial charge in [-0.15, -0.1) is 0 Å². The molecule has 6 heteroatoms. The minimum Gasteiger partial charge on any atom is -0.480 e. The Kier molecular flexibility index (Phi) is 3.84. The number of hydrogen-bond donors (Lipinski definition) is 0. The first-order valence-corrected chi connectivity index (χ1v) is 7.49. The van der Waals surface area contributed by atoms with Gasteiger partial charge in [-0.2, -0.15) is 16.3 Å². The molecule has 1 aliphatic rings. The van der Waals surface area contributed by atoms with E-state index in [0.717, 1.165) is 18.9 Å². The standard InChI is InChI=1S/C14H17N3O2S/c1-10-7-17(13-5-15-6-14(16-13)18-2)8-12(19-10)11-3-4-20-9-11/h3-6,9-10,12H,7-8H2,1-2H3/t10-,12+/m0/s1. The molecule has 106 valence electrons. The zero-order valence-corrected chi connectivity index (χ0v) is 12.3. The van der Waals surface area contributed by atoms with Crippen LogP contribution in [-0.2, 0) is 4.74 Å². The number of hydrogen-bond acceptors (Lipinski definition) is 6. The lowest BCUT2D eigenvalue weighted by Gasteiger charge is -2.37. The summed E-state index contributed by atoms with van der Waals surface area (Å²) in [7, 11) is 1.60. The molecule has 0 amide bonds. The van der Waals surface area contributed by atoms with E-state index in [1.54, 1.807) is 30.8 Å². The van der Waals surface area contributed by atoms with Crippen molar-refractivity contribution in [3.63, 3.8) is 0 Å². The molecular formula is C14H17N3O2S. The summed E-state index contributed by atoms with van der Waals surface area (Å²) in [5.41, 5.74) is 1.22. The van der Waals surface area contributed by atoms with Crippen LogP contribution in [0.4, 0.5) is 5.82 Å². The molecule has 5 nitrogen and oxygen atoms in total. The number of anilines is 1. The number of nitrogens with zero attached hydrogens (tertiary/aromatic N) is 3. The van der Waals surface area contributed by atoms with Crippen molar-refractivity contribution >= 4 is 17.2 Å². The lowest BCUT2D eigenvalue weighted by molar-refractivity contribution is -0.0174. The fraction of sp³-hybridized carbons (Fsp3) is 0.429. The van der Waals surface area contributed by atoms with Crippen LogP contribution in [0.25, 0.3) is 0 Å². The van der Waals surface area contributed by atoms with Gasteiger partial charge in [0.2, 0.25) is 5.88 Å². The number of aromatic nitrogens is 2. The van der Waals surface area contributed by atoms with Crippen LogP contribution in [0.3, 0.4) is 0 Å². The summed E-state index contributed by atoms with van der Waals surface area (Å²) in [4.78, 5) is 10.8. The predicted molar refractivity (Wildman–Crippen MR) is 78.4 cm³/mol. The first-order valence-electron chi connectivity index (χ1n) is 6.55. The lowest BCUT2D eigenvalue weighted by Crippen LogP contribution is -2.43. The molecule has 1 aliphatic heterocycles. The van der Waals surface area contributed by atoms with E-state index in [-0.39, 0.29) is 12.2 Å². The molecule has 0 N–H and O–H groups in total. The first kappa shape index (κ1) is 13.3. The Hall–Kier alpha value is -1.66. The van der Waals surface area contributed by atoms with Gasteiger partial charge >= 0.3 is 0 Å². The monoisotopic (exact) mass is 291 g/mol. The van der Waals surface area contributed by atoms with Crippen molar-refractivity contribution in [1.29, 1.82) is 0 Å². The van der Waals surface area contributed by atoms with E-state index in [9.17, 15) is 0 Å². The van der Waals surface area contributed by atoms with E-state index < -0.39 is 0 Å². The number of methoxy groups -OCH3 is 1. The Labute approximate surface area is 122 Å². The molecule has 0 spiro atoms. The molecule has 2 aromatic heterocycles. The second-order valence-corrected chi connectivity index (χ2v) is 5.60. The molecule has 2 aromatic rings. The van der Waals surface area contributed by atoms with E-state index >= 15 is 0 Å². The van der Waals surface area contributed by atoms with E-state index in [0.29, 0.717) is 5.88 Å². The normalized spacial score (nSPS) is 22.8. The van der Waals surface area contributed by atoms with Gasteiger partial charge < -0.3 is 14.4 Å². The molecule has 20 heavy (non-hydrogen) atoms. The number of rotatable bonds is 3. The van der Waals surface area contributed by atoms with E-state index in [4.69, 9.17) is 9.47 Å². The molecule has 0 aromatic carbocycles. The second-order valence-electron chi connectivity index (χ2n) is 4.82. The second kappa shape index (κ2) is 5.76. The van der Waals surface area contributed by atoms with Crippen LogP contribution in [0, 0.1) is 0 Å². The van der Waals surface area contributed by atoms with Crippen molar-refractivity contribution in [2.45, 2.75) is 19.1 Å². The Bertz CT molecular complexity index is 561. The van der Waals surface area contributed by atoms with Gasteiger partial charge in [0.15, 0.2) is 5.82 Å². The molecule has 0 unspecified atom stereocenters. The van der Waals surface area contributed by atoms with Crippen molar-refractivity contribution in [2.24, 2.45) is 0 Å².